The van der Waals surface area contributed by atoms with Crippen LogP contribution in [0.4, 0.5) is 0 Å². The Morgan fingerprint density at radius 2 is 1.69 bits per heavy atom. The minimum Gasteiger partial charge on any atom is -0.493 e. The third-order valence-corrected chi connectivity index (χ3v) is 4.56. The summed E-state index contributed by atoms with van der Waals surface area (Å²) in [4.78, 5) is 11.6. The van der Waals surface area contributed by atoms with Crippen LogP contribution in [0.15, 0.2) is 42.5 Å². The molecule has 0 atom stereocenters. The van der Waals surface area contributed by atoms with Crippen LogP contribution in [0.1, 0.15) is 47.2 Å². The van der Waals surface area contributed by atoms with Crippen LogP contribution in [0, 0.1) is 0 Å². The van der Waals surface area contributed by atoms with E-state index in [4.69, 9.17) is 14.2 Å². The van der Waals surface area contributed by atoms with Crippen LogP contribution in [-0.4, -0.2) is 26.3 Å². The highest BCUT2D eigenvalue weighted by molar-refractivity contribution is 5.90. The third kappa shape index (κ3) is 4.45. The maximum Gasteiger partial charge on any atom is 0.337 e. The zero-order chi connectivity index (χ0) is 18.4. The van der Waals surface area contributed by atoms with Crippen LogP contribution < -0.4 is 9.47 Å². The molecular formula is C22H24O4. The molecule has 0 heterocycles. The number of carbonyl (C=O) groups is 1. The van der Waals surface area contributed by atoms with Crippen molar-refractivity contribution in [2.75, 3.05) is 14.2 Å². The molecule has 1 aliphatic rings. The first kappa shape index (κ1) is 18.1. The lowest BCUT2D eigenvalue weighted by atomic mass is 10.1. The smallest absolute Gasteiger partial charge is 0.337 e. The van der Waals surface area contributed by atoms with E-state index < -0.39 is 0 Å². The van der Waals surface area contributed by atoms with Gasteiger partial charge in [0.15, 0.2) is 11.5 Å². The van der Waals surface area contributed by atoms with E-state index in [1.165, 1.54) is 20.0 Å². The number of ether oxygens (including phenoxy) is 3. The van der Waals surface area contributed by atoms with Crippen molar-refractivity contribution in [2.45, 2.75) is 31.8 Å². The molecule has 4 nitrogen and oxygen atoms in total. The van der Waals surface area contributed by atoms with E-state index in [1.54, 1.807) is 13.2 Å². The Morgan fingerprint density at radius 3 is 2.38 bits per heavy atom. The van der Waals surface area contributed by atoms with Crippen molar-refractivity contribution in [3.8, 4) is 11.5 Å². The van der Waals surface area contributed by atoms with Gasteiger partial charge in [-0.15, -0.1) is 0 Å². The Balaban J connectivity index is 1.78. The van der Waals surface area contributed by atoms with Crippen LogP contribution in [0.3, 0.4) is 0 Å². The second-order valence-electron chi connectivity index (χ2n) is 6.38. The van der Waals surface area contributed by atoms with E-state index in [9.17, 15) is 4.79 Å². The van der Waals surface area contributed by atoms with E-state index in [0.717, 1.165) is 35.5 Å². The third-order valence-electron chi connectivity index (χ3n) is 4.56. The molecule has 2 aromatic rings. The number of hydrogen-bond acceptors (Lipinski definition) is 4. The van der Waals surface area contributed by atoms with Gasteiger partial charge in [-0.05, 0) is 61.1 Å². The normalized spacial score (nSPS) is 14.5. The topological polar surface area (TPSA) is 44.8 Å². The first-order valence-electron chi connectivity index (χ1n) is 8.91. The maximum atomic E-state index is 11.6. The minimum atomic E-state index is -0.336. The van der Waals surface area contributed by atoms with Crippen molar-refractivity contribution in [2.24, 2.45) is 0 Å². The quantitative estimate of drug-likeness (QED) is 0.544. The number of esters is 1. The number of hydrogen-bond donors (Lipinski definition) is 0. The predicted molar refractivity (Wildman–Crippen MR) is 103 cm³/mol. The fraction of sp³-hybridized carbons (Fsp3) is 0.318. The molecule has 1 saturated carbocycles. The summed E-state index contributed by atoms with van der Waals surface area (Å²) in [6.07, 6.45) is 8.89. The van der Waals surface area contributed by atoms with Gasteiger partial charge in [-0.25, -0.2) is 4.79 Å². The lowest BCUT2D eigenvalue weighted by molar-refractivity contribution is 0.0600. The highest BCUT2D eigenvalue weighted by Gasteiger charge is 2.18. The monoisotopic (exact) mass is 352 g/mol. The molecule has 0 bridgehead atoms. The van der Waals surface area contributed by atoms with Gasteiger partial charge in [0.05, 0.1) is 25.9 Å². The van der Waals surface area contributed by atoms with Gasteiger partial charge < -0.3 is 14.2 Å². The summed E-state index contributed by atoms with van der Waals surface area (Å²) in [7, 11) is 3.04. The fourth-order valence-electron chi connectivity index (χ4n) is 3.15. The maximum absolute atomic E-state index is 11.6. The van der Waals surface area contributed by atoms with Crippen molar-refractivity contribution in [3.05, 3.63) is 59.2 Å². The Hall–Kier alpha value is -2.75. The predicted octanol–water partition coefficient (Wildman–Crippen LogP) is 4.97. The second kappa shape index (κ2) is 8.56. The molecule has 0 radical (unpaired) electrons. The van der Waals surface area contributed by atoms with Crippen molar-refractivity contribution < 1.29 is 19.0 Å². The number of rotatable bonds is 6. The highest BCUT2D eigenvalue weighted by Crippen LogP contribution is 2.32. The molecule has 2 aromatic carbocycles. The summed E-state index contributed by atoms with van der Waals surface area (Å²) >= 11 is 0. The lowest BCUT2D eigenvalue weighted by Gasteiger charge is -2.16. The van der Waals surface area contributed by atoms with Gasteiger partial charge in [-0.1, -0.05) is 30.4 Å². The Bertz CT molecular complexity index is 788. The van der Waals surface area contributed by atoms with Crippen LogP contribution >= 0.6 is 0 Å². The van der Waals surface area contributed by atoms with Crippen LogP contribution in [0.2, 0.25) is 0 Å². The molecule has 136 valence electrons. The molecule has 0 saturated heterocycles. The molecule has 1 aliphatic carbocycles. The molecule has 4 heteroatoms. The SMILES string of the molecule is COC(=O)c1cccc(C=Cc2ccc(OC)c(OC3CCCC3)c2)c1. The summed E-state index contributed by atoms with van der Waals surface area (Å²) in [6.45, 7) is 0. The number of carbonyl (C=O) groups excluding carboxylic acids is 1. The molecule has 1 fully saturated rings. The van der Waals surface area contributed by atoms with Gasteiger partial charge in [-0.3, -0.25) is 0 Å². The van der Waals surface area contributed by atoms with Crippen molar-refractivity contribution in [3.63, 3.8) is 0 Å². The summed E-state index contributed by atoms with van der Waals surface area (Å²) in [6, 6.07) is 13.2. The van der Waals surface area contributed by atoms with Crippen LogP contribution in [-0.2, 0) is 4.74 Å². The Labute approximate surface area is 154 Å². The van der Waals surface area contributed by atoms with Crippen LogP contribution in [0.5, 0.6) is 11.5 Å². The van der Waals surface area contributed by atoms with Gasteiger partial charge in [0.2, 0.25) is 0 Å². The van der Waals surface area contributed by atoms with E-state index in [1.807, 2.05) is 48.6 Å². The van der Waals surface area contributed by atoms with E-state index in [0.29, 0.717) is 5.56 Å². The Morgan fingerprint density at radius 1 is 0.962 bits per heavy atom. The average Bonchev–Trinajstić information content (AvgIpc) is 3.19. The molecule has 0 amide bonds. The summed E-state index contributed by atoms with van der Waals surface area (Å²) in [5.41, 5.74) is 2.49. The molecule has 3 rings (SSSR count). The molecule has 0 aliphatic heterocycles. The zero-order valence-corrected chi connectivity index (χ0v) is 15.2. The van der Waals surface area contributed by atoms with Gasteiger partial charge in [0, 0.05) is 0 Å². The standard InChI is InChI=1S/C22H24O4/c1-24-20-13-12-17(15-21(20)26-19-8-3-4-9-19)11-10-16-6-5-7-18(14-16)22(23)25-2/h5-7,10-15,19H,3-4,8-9H2,1-2H3. The van der Waals surface area contributed by atoms with Crippen molar-refractivity contribution >= 4 is 18.1 Å². The van der Waals surface area contributed by atoms with E-state index in [-0.39, 0.29) is 12.1 Å². The summed E-state index contributed by atoms with van der Waals surface area (Å²) in [5, 5.41) is 0. The van der Waals surface area contributed by atoms with Crippen LogP contribution in [0.25, 0.3) is 12.2 Å². The number of methoxy groups -OCH3 is 2. The molecular weight excluding hydrogens is 328 g/mol. The highest BCUT2D eigenvalue weighted by atomic mass is 16.5. The zero-order valence-electron chi connectivity index (χ0n) is 15.2. The first-order chi connectivity index (χ1) is 12.7. The number of benzene rings is 2. The molecule has 0 aromatic heterocycles. The fourth-order valence-corrected chi connectivity index (χ4v) is 3.15. The summed E-state index contributed by atoms with van der Waals surface area (Å²) < 4.78 is 16.3. The van der Waals surface area contributed by atoms with Crippen molar-refractivity contribution in [1.29, 1.82) is 0 Å². The molecule has 0 N–H and O–H groups in total. The summed E-state index contributed by atoms with van der Waals surface area (Å²) in [5.74, 6) is 1.20. The van der Waals surface area contributed by atoms with Gasteiger partial charge >= 0.3 is 5.97 Å². The first-order valence-corrected chi connectivity index (χ1v) is 8.91. The van der Waals surface area contributed by atoms with Gasteiger partial charge in [0.25, 0.3) is 0 Å². The van der Waals surface area contributed by atoms with Gasteiger partial charge in [-0.2, -0.15) is 0 Å². The average molecular weight is 352 g/mol. The largest absolute Gasteiger partial charge is 0.493 e. The minimum absolute atomic E-state index is 0.278. The van der Waals surface area contributed by atoms with E-state index >= 15 is 0 Å². The molecule has 26 heavy (non-hydrogen) atoms. The van der Waals surface area contributed by atoms with Gasteiger partial charge in [0.1, 0.15) is 0 Å². The second-order valence-corrected chi connectivity index (χ2v) is 6.38. The van der Waals surface area contributed by atoms with E-state index in [2.05, 4.69) is 0 Å². The molecule has 0 unspecified atom stereocenters. The van der Waals surface area contributed by atoms with Crippen molar-refractivity contribution in [1.82, 2.24) is 0 Å². The molecule has 0 spiro atoms. The Kier molecular flexibility index (Phi) is 5.95. The lowest BCUT2D eigenvalue weighted by Crippen LogP contribution is -2.11.